The number of rotatable bonds is 4. The van der Waals surface area contributed by atoms with Gasteiger partial charge in [-0.3, -0.25) is 9.48 Å². The molecule has 0 fully saturated rings. The van der Waals surface area contributed by atoms with Gasteiger partial charge in [0.1, 0.15) is 5.69 Å². The Balaban J connectivity index is 2.60. The second-order valence-corrected chi connectivity index (χ2v) is 4.09. The average Bonchev–Trinajstić information content (AvgIpc) is 2.54. The lowest BCUT2D eigenvalue weighted by atomic mass is 10.1. The molecule has 0 bridgehead atoms. The van der Waals surface area contributed by atoms with Crippen LogP contribution in [-0.4, -0.2) is 33.4 Å². The Morgan fingerprint density at radius 3 is 2.75 bits per heavy atom. The Morgan fingerprint density at radius 2 is 2.31 bits per heavy atom. The van der Waals surface area contributed by atoms with Gasteiger partial charge < -0.3 is 16.2 Å². The number of hydrogen-bond donors (Lipinski definition) is 3. The SMILES string of the molecule is CC(C)C(O)CNC(=O)c1c(N)cnn1C. The quantitative estimate of drug-likeness (QED) is 0.660. The minimum atomic E-state index is -0.557. The fourth-order valence-corrected chi connectivity index (χ4v) is 1.25. The number of nitrogens with two attached hydrogens (primary N) is 1. The Morgan fingerprint density at radius 1 is 1.69 bits per heavy atom. The summed E-state index contributed by atoms with van der Waals surface area (Å²) in [6.07, 6.45) is 0.867. The number of carbonyl (C=O) groups is 1. The molecule has 16 heavy (non-hydrogen) atoms. The van der Waals surface area contributed by atoms with Gasteiger partial charge in [-0.05, 0) is 5.92 Å². The van der Waals surface area contributed by atoms with Gasteiger partial charge in [-0.25, -0.2) is 0 Å². The van der Waals surface area contributed by atoms with Crippen molar-refractivity contribution in [1.82, 2.24) is 15.1 Å². The van der Waals surface area contributed by atoms with E-state index in [2.05, 4.69) is 10.4 Å². The van der Waals surface area contributed by atoms with E-state index in [1.165, 1.54) is 10.9 Å². The molecule has 0 spiro atoms. The largest absolute Gasteiger partial charge is 0.396 e. The van der Waals surface area contributed by atoms with Crippen LogP contribution in [0.1, 0.15) is 24.3 Å². The summed E-state index contributed by atoms with van der Waals surface area (Å²) in [5, 5.41) is 16.0. The smallest absolute Gasteiger partial charge is 0.271 e. The van der Waals surface area contributed by atoms with Crippen LogP contribution in [0.2, 0.25) is 0 Å². The number of nitrogen functional groups attached to an aromatic ring is 1. The molecule has 0 saturated carbocycles. The molecule has 0 aliphatic carbocycles. The van der Waals surface area contributed by atoms with Crippen molar-refractivity contribution in [2.45, 2.75) is 20.0 Å². The molecule has 1 aromatic rings. The maximum atomic E-state index is 11.7. The van der Waals surface area contributed by atoms with Crippen molar-refractivity contribution in [3.05, 3.63) is 11.9 Å². The fraction of sp³-hybridized carbons (Fsp3) is 0.600. The number of hydrogen-bond acceptors (Lipinski definition) is 4. The zero-order valence-corrected chi connectivity index (χ0v) is 9.77. The van der Waals surface area contributed by atoms with Crippen molar-refractivity contribution in [2.24, 2.45) is 13.0 Å². The molecule has 1 unspecified atom stereocenters. The summed E-state index contributed by atoms with van der Waals surface area (Å²) in [5.41, 5.74) is 6.25. The molecular formula is C10H18N4O2. The molecule has 90 valence electrons. The first-order chi connectivity index (χ1) is 7.43. The van der Waals surface area contributed by atoms with Gasteiger partial charge in [0.25, 0.3) is 5.91 Å². The van der Waals surface area contributed by atoms with Crippen LogP contribution < -0.4 is 11.1 Å². The number of amides is 1. The average molecular weight is 226 g/mol. The molecule has 1 amide bonds. The lowest BCUT2D eigenvalue weighted by molar-refractivity contribution is 0.0864. The molecule has 0 saturated heterocycles. The second-order valence-electron chi connectivity index (χ2n) is 4.09. The van der Waals surface area contributed by atoms with Crippen LogP contribution in [0.5, 0.6) is 0 Å². The van der Waals surface area contributed by atoms with Crippen LogP contribution in [0, 0.1) is 5.92 Å². The van der Waals surface area contributed by atoms with Gasteiger partial charge in [0.2, 0.25) is 0 Å². The molecular weight excluding hydrogens is 208 g/mol. The summed E-state index contributed by atoms with van der Waals surface area (Å²) in [7, 11) is 1.64. The van der Waals surface area contributed by atoms with Crippen molar-refractivity contribution in [2.75, 3.05) is 12.3 Å². The van der Waals surface area contributed by atoms with Crippen LogP contribution in [0.4, 0.5) is 5.69 Å². The van der Waals surface area contributed by atoms with E-state index in [9.17, 15) is 9.90 Å². The topological polar surface area (TPSA) is 93.2 Å². The van der Waals surface area contributed by atoms with Gasteiger partial charge in [0.05, 0.1) is 18.0 Å². The van der Waals surface area contributed by atoms with Crippen LogP contribution in [0.25, 0.3) is 0 Å². The van der Waals surface area contributed by atoms with Crippen molar-refractivity contribution in [3.8, 4) is 0 Å². The lowest BCUT2D eigenvalue weighted by Crippen LogP contribution is -2.35. The number of aliphatic hydroxyl groups is 1. The predicted molar refractivity (Wildman–Crippen MR) is 60.8 cm³/mol. The van der Waals surface area contributed by atoms with E-state index >= 15 is 0 Å². The van der Waals surface area contributed by atoms with Crippen molar-refractivity contribution >= 4 is 11.6 Å². The van der Waals surface area contributed by atoms with Crippen molar-refractivity contribution in [1.29, 1.82) is 0 Å². The molecule has 6 heteroatoms. The number of aromatic nitrogens is 2. The van der Waals surface area contributed by atoms with E-state index < -0.39 is 6.10 Å². The minimum Gasteiger partial charge on any atom is -0.396 e. The van der Waals surface area contributed by atoms with Crippen LogP contribution in [0.15, 0.2) is 6.20 Å². The summed E-state index contributed by atoms with van der Waals surface area (Å²) in [4.78, 5) is 11.7. The van der Waals surface area contributed by atoms with E-state index in [0.717, 1.165) is 0 Å². The summed E-state index contributed by atoms with van der Waals surface area (Å²) in [5.74, 6) is -0.221. The molecule has 0 radical (unpaired) electrons. The number of nitrogens with one attached hydrogen (secondary N) is 1. The summed E-state index contributed by atoms with van der Waals surface area (Å²) in [6.45, 7) is 3.98. The maximum Gasteiger partial charge on any atom is 0.271 e. The highest BCUT2D eigenvalue weighted by molar-refractivity contribution is 5.97. The highest BCUT2D eigenvalue weighted by atomic mass is 16.3. The molecule has 0 aliphatic rings. The monoisotopic (exact) mass is 226 g/mol. The molecule has 6 nitrogen and oxygen atoms in total. The van der Waals surface area contributed by atoms with Crippen molar-refractivity contribution < 1.29 is 9.90 Å². The third-order valence-corrected chi connectivity index (χ3v) is 2.42. The van der Waals surface area contributed by atoms with E-state index in [1.807, 2.05) is 13.8 Å². The Kier molecular flexibility index (Phi) is 3.89. The number of anilines is 1. The highest BCUT2D eigenvalue weighted by Crippen LogP contribution is 2.08. The highest BCUT2D eigenvalue weighted by Gasteiger charge is 2.16. The zero-order chi connectivity index (χ0) is 12.3. The van der Waals surface area contributed by atoms with Gasteiger partial charge in [0.15, 0.2) is 0 Å². The van der Waals surface area contributed by atoms with Crippen LogP contribution in [0.3, 0.4) is 0 Å². The standard InChI is InChI=1S/C10H18N4O2/c1-6(2)8(15)5-12-10(16)9-7(11)4-13-14(9)3/h4,6,8,15H,5,11H2,1-3H3,(H,12,16). The normalized spacial score (nSPS) is 12.8. The number of nitrogens with zero attached hydrogens (tertiary/aromatic N) is 2. The summed E-state index contributed by atoms with van der Waals surface area (Å²) in [6, 6.07) is 0. The first-order valence-electron chi connectivity index (χ1n) is 5.17. The Bertz CT molecular complexity index is 353. The molecule has 0 aliphatic heterocycles. The van der Waals surface area contributed by atoms with E-state index in [4.69, 9.17) is 5.73 Å². The lowest BCUT2D eigenvalue weighted by Gasteiger charge is -2.15. The van der Waals surface area contributed by atoms with Crippen molar-refractivity contribution in [3.63, 3.8) is 0 Å². The van der Waals surface area contributed by atoms with Gasteiger partial charge in [-0.1, -0.05) is 13.8 Å². The number of carbonyl (C=O) groups excluding carboxylic acids is 1. The number of aryl methyl sites for hydroxylation is 1. The van der Waals surface area contributed by atoms with E-state index in [-0.39, 0.29) is 18.4 Å². The Hall–Kier alpha value is -1.56. The first-order valence-corrected chi connectivity index (χ1v) is 5.17. The summed E-state index contributed by atoms with van der Waals surface area (Å²) < 4.78 is 1.41. The van der Waals surface area contributed by atoms with Gasteiger partial charge in [-0.2, -0.15) is 5.10 Å². The zero-order valence-electron chi connectivity index (χ0n) is 9.77. The van der Waals surface area contributed by atoms with Crippen LogP contribution in [-0.2, 0) is 7.05 Å². The predicted octanol–water partition coefficient (Wildman–Crippen LogP) is -0.251. The molecule has 4 N–H and O–H groups in total. The molecule has 1 heterocycles. The summed E-state index contributed by atoms with van der Waals surface area (Å²) >= 11 is 0. The van der Waals surface area contributed by atoms with E-state index in [1.54, 1.807) is 7.05 Å². The number of aliphatic hydroxyl groups excluding tert-OH is 1. The molecule has 1 aromatic heterocycles. The Labute approximate surface area is 94.4 Å². The minimum absolute atomic E-state index is 0.101. The maximum absolute atomic E-state index is 11.7. The fourth-order valence-electron chi connectivity index (χ4n) is 1.25. The van der Waals surface area contributed by atoms with Crippen LogP contribution >= 0.6 is 0 Å². The second kappa shape index (κ2) is 4.98. The first kappa shape index (κ1) is 12.5. The van der Waals surface area contributed by atoms with Gasteiger partial charge in [-0.15, -0.1) is 0 Å². The van der Waals surface area contributed by atoms with E-state index in [0.29, 0.717) is 11.4 Å². The van der Waals surface area contributed by atoms with Gasteiger partial charge in [0, 0.05) is 13.6 Å². The third-order valence-electron chi connectivity index (χ3n) is 2.42. The molecule has 1 atom stereocenters. The molecule has 1 rings (SSSR count). The third kappa shape index (κ3) is 2.73. The molecule has 0 aromatic carbocycles. The van der Waals surface area contributed by atoms with Gasteiger partial charge >= 0.3 is 0 Å².